The lowest BCUT2D eigenvalue weighted by Gasteiger charge is -2.22. The van der Waals surface area contributed by atoms with Crippen LogP contribution < -0.4 is 5.32 Å². The minimum Gasteiger partial charge on any atom is -0.385 e. The van der Waals surface area contributed by atoms with Crippen LogP contribution in [0.4, 0.5) is 4.39 Å². The third-order valence-corrected chi connectivity index (χ3v) is 5.06. The molecule has 0 aliphatic carbocycles. The Morgan fingerprint density at radius 2 is 2.25 bits per heavy atom. The van der Waals surface area contributed by atoms with Crippen LogP contribution in [0.25, 0.3) is 0 Å². The molecule has 28 heavy (non-hydrogen) atoms. The average Bonchev–Trinajstić information content (AvgIpc) is 3.32. The highest BCUT2D eigenvalue weighted by atomic mass is 19.1. The number of carbonyl (C=O) groups excluding carboxylic acids is 1. The number of methoxy groups -OCH3 is 1. The van der Waals surface area contributed by atoms with Crippen molar-refractivity contribution in [2.45, 2.75) is 44.9 Å². The van der Waals surface area contributed by atoms with Crippen LogP contribution in [-0.4, -0.2) is 42.1 Å². The first kappa shape index (κ1) is 20.5. The molecule has 1 saturated heterocycles. The molecule has 0 bridgehead atoms. The van der Waals surface area contributed by atoms with Gasteiger partial charge in [0.05, 0.1) is 11.6 Å². The van der Waals surface area contributed by atoms with E-state index in [9.17, 15) is 9.18 Å². The van der Waals surface area contributed by atoms with Crippen LogP contribution in [0.2, 0.25) is 0 Å². The zero-order valence-electron chi connectivity index (χ0n) is 16.4. The van der Waals surface area contributed by atoms with Crippen molar-refractivity contribution in [3.05, 3.63) is 53.6 Å². The zero-order chi connectivity index (χ0) is 19.9. The van der Waals surface area contributed by atoms with Gasteiger partial charge in [-0.05, 0) is 43.9 Å². The molecule has 0 radical (unpaired) electrons. The number of benzene rings is 1. The number of aryl methyl sites for hydroxylation is 1. The van der Waals surface area contributed by atoms with Gasteiger partial charge in [-0.2, -0.15) is 5.10 Å². The molecule has 0 saturated carbocycles. The van der Waals surface area contributed by atoms with Crippen molar-refractivity contribution < 1.29 is 18.7 Å². The molecule has 1 amide bonds. The molecule has 1 unspecified atom stereocenters. The molecule has 7 heteroatoms. The van der Waals surface area contributed by atoms with Crippen LogP contribution in [0.1, 0.15) is 37.1 Å². The van der Waals surface area contributed by atoms with Gasteiger partial charge in [0.15, 0.2) is 0 Å². The number of carbonyl (C=O) groups is 1. The third-order valence-electron chi connectivity index (χ3n) is 5.06. The number of hydrogen-bond acceptors (Lipinski definition) is 4. The van der Waals surface area contributed by atoms with E-state index in [1.165, 1.54) is 6.07 Å². The van der Waals surface area contributed by atoms with Gasteiger partial charge in [0.1, 0.15) is 11.9 Å². The van der Waals surface area contributed by atoms with Crippen molar-refractivity contribution in [3.63, 3.8) is 0 Å². The van der Waals surface area contributed by atoms with Gasteiger partial charge in [-0.1, -0.05) is 18.2 Å². The monoisotopic (exact) mass is 389 g/mol. The van der Waals surface area contributed by atoms with E-state index in [2.05, 4.69) is 10.4 Å². The highest BCUT2D eigenvalue weighted by Gasteiger charge is 2.37. The maximum absolute atomic E-state index is 13.9. The molecule has 3 rings (SSSR count). The van der Waals surface area contributed by atoms with E-state index < -0.39 is 0 Å². The number of nitrogens with zero attached hydrogens (tertiary/aromatic N) is 2. The molecule has 1 aromatic carbocycles. The second kappa shape index (κ2) is 9.80. The topological polar surface area (TPSA) is 65.4 Å². The molecule has 6 nitrogen and oxygen atoms in total. The minimum atomic E-state index is -0.314. The molecule has 152 valence electrons. The Bertz CT molecular complexity index is 780. The quantitative estimate of drug-likeness (QED) is 0.670. The van der Waals surface area contributed by atoms with Crippen LogP contribution >= 0.6 is 0 Å². The predicted molar refractivity (Wildman–Crippen MR) is 103 cm³/mol. The highest BCUT2D eigenvalue weighted by molar-refractivity contribution is 5.80. The van der Waals surface area contributed by atoms with Gasteiger partial charge in [-0.15, -0.1) is 0 Å². The van der Waals surface area contributed by atoms with Crippen LogP contribution in [0.5, 0.6) is 0 Å². The van der Waals surface area contributed by atoms with E-state index in [1.54, 1.807) is 31.5 Å². The van der Waals surface area contributed by atoms with E-state index in [-0.39, 0.29) is 29.8 Å². The first-order valence-corrected chi connectivity index (χ1v) is 9.76. The van der Waals surface area contributed by atoms with E-state index in [0.29, 0.717) is 38.2 Å². The summed E-state index contributed by atoms with van der Waals surface area (Å²) in [6.07, 6.45) is 3.37. The summed E-state index contributed by atoms with van der Waals surface area (Å²) in [6.45, 7) is 3.80. The number of ether oxygens (including phenoxy) is 2. The Morgan fingerprint density at radius 1 is 1.43 bits per heavy atom. The molecule has 2 aromatic rings. The number of halogens is 1. The molecular weight excluding hydrogens is 361 g/mol. The van der Waals surface area contributed by atoms with Gasteiger partial charge in [-0.3, -0.25) is 9.48 Å². The van der Waals surface area contributed by atoms with Crippen molar-refractivity contribution in [2.75, 3.05) is 20.3 Å². The summed E-state index contributed by atoms with van der Waals surface area (Å²) < 4.78 is 26.7. The van der Waals surface area contributed by atoms with Crippen molar-refractivity contribution >= 4 is 5.91 Å². The summed E-state index contributed by atoms with van der Waals surface area (Å²) in [5.41, 5.74) is 1.52. The van der Waals surface area contributed by atoms with Gasteiger partial charge in [0.2, 0.25) is 5.91 Å². The Labute approximate surface area is 165 Å². The minimum absolute atomic E-state index is 0.0593. The van der Waals surface area contributed by atoms with Crippen LogP contribution in [0.3, 0.4) is 0 Å². The lowest BCUT2D eigenvalue weighted by molar-refractivity contribution is -0.127. The fraction of sp³-hybridized carbons (Fsp3) is 0.524. The van der Waals surface area contributed by atoms with Crippen molar-refractivity contribution in [1.82, 2.24) is 15.1 Å². The Kier molecular flexibility index (Phi) is 7.17. The Morgan fingerprint density at radius 3 is 3.04 bits per heavy atom. The number of amides is 1. The molecule has 1 aliphatic heterocycles. The molecule has 1 aliphatic rings. The van der Waals surface area contributed by atoms with E-state index in [1.807, 2.05) is 17.7 Å². The second-order valence-electron chi connectivity index (χ2n) is 7.22. The lowest BCUT2D eigenvalue weighted by Crippen LogP contribution is -2.39. The number of rotatable bonds is 9. The first-order valence-electron chi connectivity index (χ1n) is 9.76. The standard InChI is InChI=1S/C21H28FN3O3/c1-15(14-16-6-3-4-7-18(16)22)24-21(26)17-9-13-28-20(17)19-8-10-23-25(19)11-5-12-27-2/h3-4,6-8,10,15,17,20H,5,9,11-14H2,1-2H3,(H,24,26)/t15?,17-,20-/m0/s1. The van der Waals surface area contributed by atoms with Gasteiger partial charge >= 0.3 is 0 Å². The van der Waals surface area contributed by atoms with Gasteiger partial charge in [0, 0.05) is 39.1 Å². The van der Waals surface area contributed by atoms with Crippen LogP contribution in [0.15, 0.2) is 36.5 Å². The molecule has 1 fully saturated rings. The molecular formula is C21H28FN3O3. The van der Waals surface area contributed by atoms with E-state index >= 15 is 0 Å². The van der Waals surface area contributed by atoms with E-state index in [4.69, 9.17) is 9.47 Å². The van der Waals surface area contributed by atoms with Gasteiger partial charge < -0.3 is 14.8 Å². The fourth-order valence-electron chi connectivity index (χ4n) is 3.67. The molecule has 1 aromatic heterocycles. The number of nitrogens with one attached hydrogen (secondary N) is 1. The molecule has 1 N–H and O–H groups in total. The number of aromatic nitrogens is 2. The molecule has 2 heterocycles. The molecule has 3 atom stereocenters. The van der Waals surface area contributed by atoms with Gasteiger partial charge in [0.25, 0.3) is 0 Å². The SMILES string of the molecule is COCCCn1nccc1[C@H]1OCC[C@@H]1C(=O)NC(C)Cc1ccccc1F. The van der Waals surface area contributed by atoms with Crippen LogP contribution in [0, 0.1) is 11.7 Å². The largest absolute Gasteiger partial charge is 0.385 e. The third kappa shape index (κ3) is 4.97. The fourth-order valence-corrected chi connectivity index (χ4v) is 3.67. The first-order chi connectivity index (χ1) is 13.6. The smallest absolute Gasteiger partial charge is 0.226 e. The predicted octanol–water partition coefficient (Wildman–Crippen LogP) is 2.88. The summed E-state index contributed by atoms with van der Waals surface area (Å²) in [5.74, 6) is -0.581. The zero-order valence-corrected chi connectivity index (χ0v) is 16.4. The van der Waals surface area contributed by atoms with E-state index in [0.717, 1.165) is 12.1 Å². The highest BCUT2D eigenvalue weighted by Crippen LogP contribution is 2.34. The Hall–Kier alpha value is -2.25. The normalized spacial score (nSPS) is 20.2. The van der Waals surface area contributed by atoms with Crippen molar-refractivity contribution in [1.29, 1.82) is 0 Å². The van der Waals surface area contributed by atoms with Crippen molar-refractivity contribution in [3.8, 4) is 0 Å². The number of hydrogen-bond donors (Lipinski definition) is 1. The average molecular weight is 389 g/mol. The summed E-state index contributed by atoms with van der Waals surface area (Å²) in [5, 5.41) is 7.39. The van der Waals surface area contributed by atoms with Gasteiger partial charge in [-0.25, -0.2) is 4.39 Å². The summed E-state index contributed by atoms with van der Waals surface area (Å²) in [7, 11) is 1.67. The van der Waals surface area contributed by atoms with Crippen LogP contribution in [-0.2, 0) is 27.2 Å². The summed E-state index contributed by atoms with van der Waals surface area (Å²) in [4.78, 5) is 12.9. The van der Waals surface area contributed by atoms with Crippen molar-refractivity contribution in [2.24, 2.45) is 5.92 Å². The maximum Gasteiger partial charge on any atom is 0.226 e. The summed E-state index contributed by atoms with van der Waals surface area (Å²) >= 11 is 0. The maximum atomic E-state index is 13.9. The second-order valence-corrected chi connectivity index (χ2v) is 7.22. The molecule has 0 spiro atoms. The Balaban J connectivity index is 1.62. The lowest BCUT2D eigenvalue weighted by atomic mass is 9.97. The summed E-state index contributed by atoms with van der Waals surface area (Å²) in [6, 6.07) is 8.40.